The molecule has 3 fully saturated rings. The van der Waals surface area contributed by atoms with E-state index >= 15 is 0 Å². The zero-order valence-corrected chi connectivity index (χ0v) is 54.0. The molecule has 22 heteroatoms. The van der Waals surface area contributed by atoms with E-state index in [1.807, 2.05) is 121 Å². The Morgan fingerprint density at radius 2 is 0.968 bits per heavy atom. The minimum atomic E-state index is -0.00926. The highest BCUT2D eigenvalue weighted by molar-refractivity contribution is 5.94. The maximum absolute atomic E-state index is 12.7. The largest absolute Gasteiger partial charge is 0.497 e. The lowest BCUT2D eigenvalue weighted by atomic mass is 10.1. The Bertz CT molecular complexity index is 4780. The Morgan fingerprint density at radius 3 is 1.51 bits per heavy atom. The zero-order chi connectivity index (χ0) is 65.1. The van der Waals surface area contributed by atoms with E-state index in [-0.39, 0.29) is 11.8 Å². The summed E-state index contributed by atoms with van der Waals surface area (Å²) in [5.74, 6) is 4.64. The number of carbonyl (C=O) groups excluding carboxylic acids is 2. The summed E-state index contributed by atoms with van der Waals surface area (Å²) < 4.78 is 32.2. The van der Waals surface area contributed by atoms with Crippen LogP contribution in [0, 0.1) is 34.6 Å². The van der Waals surface area contributed by atoms with Gasteiger partial charge in [-0.2, -0.15) is 28.8 Å². The van der Waals surface area contributed by atoms with Gasteiger partial charge in [-0.1, -0.05) is 66.2 Å². The molecule has 10 aromatic heterocycles. The standard InChI is InChI=1S/C25H21N5O3.C24H27N5O2.C24H25N5O2/c31-25(19-8-14-32-17-19)29-11-9-28(10-12-29)24-16-21(22-7-4-13-33-22)26-23-15-20(27-30(23)24)18-5-2-1-3-6-18;1-17-18(2)25-23-14-22(20-5-4-6-21(13-20)30-3)26-29(23)24(17)28-10-8-27(9-11-28)15-19-7-12-31-16-19;1-16-5-4-6-19(13-16)21-14-22-25-18(3)17(2)23(29(22)26-21)27-8-10-28(11-9-27)24(30)20-7-12-31-15-20/h1-8,13-17H,9-12H2;4-7,12-14,16H,8-11,15H2,1-3H3;4-7,12-15H,8-11H2,1-3H3. The van der Waals surface area contributed by atoms with Gasteiger partial charge in [-0.25, -0.2) is 15.0 Å². The first-order valence-corrected chi connectivity index (χ1v) is 32.0. The van der Waals surface area contributed by atoms with E-state index in [9.17, 15) is 9.59 Å². The smallest absolute Gasteiger partial charge is 0.257 e. The molecular formula is C73H73N15O7. The van der Waals surface area contributed by atoms with Crippen molar-refractivity contribution in [1.82, 2.24) is 58.5 Å². The number of piperazine rings is 3. The third-order valence-electron chi connectivity index (χ3n) is 18.0. The summed E-state index contributed by atoms with van der Waals surface area (Å²) in [7, 11) is 1.68. The van der Waals surface area contributed by atoms with Crippen molar-refractivity contribution in [2.75, 3.05) is 100 Å². The predicted octanol–water partition coefficient (Wildman–Crippen LogP) is 12.0. The molecule has 0 bridgehead atoms. The number of methoxy groups -OCH3 is 1. The second kappa shape index (κ2) is 26.8. The fourth-order valence-corrected chi connectivity index (χ4v) is 12.6. The van der Waals surface area contributed by atoms with Crippen molar-refractivity contribution in [2.24, 2.45) is 0 Å². The van der Waals surface area contributed by atoms with Crippen molar-refractivity contribution in [1.29, 1.82) is 0 Å². The van der Waals surface area contributed by atoms with Gasteiger partial charge in [0.1, 0.15) is 41.4 Å². The van der Waals surface area contributed by atoms with E-state index in [1.54, 1.807) is 31.8 Å². The van der Waals surface area contributed by atoms with Crippen molar-refractivity contribution in [3.63, 3.8) is 0 Å². The molecule has 3 aliphatic heterocycles. The summed E-state index contributed by atoms with van der Waals surface area (Å²) in [5, 5.41) is 14.7. The van der Waals surface area contributed by atoms with Crippen LogP contribution in [0.4, 0.5) is 17.5 Å². The van der Waals surface area contributed by atoms with Gasteiger partial charge < -0.3 is 46.9 Å². The van der Waals surface area contributed by atoms with Crippen LogP contribution in [0.2, 0.25) is 0 Å². The second-order valence-electron chi connectivity index (χ2n) is 24.1. The number of fused-ring (bicyclic) bond motifs is 3. The first-order chi connectivity index (χ1) is 46.4. The fourth-order valence-electron chi connectivity index (χ4n) is 12.6. The van der Waals surface area contributed by atoms with Crippen LogP contribution in [0.25, 0.3) is 62.2 Å². The molecular weight excluding hydrogens is 1200 g/mol. The van der Waals surface area contributed by atoms with Crippen LogP contribution < -0.4 is 19.4 Å². The van der Waals surface area contributed by atoms with Gasteiger partial charge in [0.05, 0.1) is 66.6 Å². The molecule has 0 spiro atoms. The quantitative estimate of drug-likeness (QED) is 0.111. The average molecular weight is 1270 g/mol. The number of aryl methyl sites for hydroxylation is 3. The van der Waals surface area contributed by atoms with Gasteiger partial charge in [0.2, 0.25) is 0 Å². The first-order valence-electron chi connectivity index (χ1n) is 32.0. The third kappa shape index (κ3) is 12.9. The lowest BCUT2D eigenvalue weighted by Gasteiger charge is -2.36. The van der Waals surface area contributed by atoms with E-state index in [1.165, 1.54) is 41.7 Å². The number of furan rings is 4. The Hall–Kier alpha value is -11.3. The number of hydrogen-bond acceptors (Lipinski definition) is 17. The van der Waals surface area contributed by atoms with Crippen LogP contribution >= 0.6 is 0 Å². The Balaban J connectivity index is 0.000000123. The number of carbonyl (C=O) groups is 2. The predicted molar refractivity (Wildman–Crippen MR) is 363 cm³/mol. The molecule has 0 saturated carbocycles. The number of nitrogens with zero attached hydrogens (tertiary/aromatic N) is 15. The van der Waals surface area contributed by atoms with Gasteiger partial charge in [-0.05, 0) is 83.1 Å². The summed E-state index contributed by atoms with van der Waals surface area (Å²) in [6, 6.07) is 43.7. The van der Waals surface area contributed by atoms with Crippen molar-refractivity contribution in [3.05, 3.63) is 222 Å². The summed E-state index contributed by atoms with van der Waals surface area (Å²) in [6.45, 7) is 20.6. The third-order valence-corrected chi connectivity index (χ3v) is 18.0. The van der Waals surface area contributed by atoms with E-state index < -0.39 is 0 Å². The minimum absolute atomic E-state index is 0.00926. The number of anilines is 3. The topological polar surface area (TPSA) is 206 Å². The fraction of sp³-hybridized carbons (Fsp3) is 0.260. The molecule has 0 N–H and O–H groups in total. The number of rotatable bonds is 12. The molecule has 22 nitrogen and oxygen atoms in total. The van der Waals surface area contributed by atoms with Crippen LogP contribution in [-0.2, 0) is 6.54 Å². The molecule has 0 atom stereocenters. The van der Waals surface area contributed by atoms with Gasteiger partial charge in [0.25, 0.3) is 11.8 Å². The second-order valence-corrected chi connectivity index (χ2v) is 24.1. The maximum atomic E-state index is 12.7. The van der Waals surface area contributed by atoms with Gasteiger partial charge in [0.15, 0.2) is 22.7 Å². The summed E-state index contributed by atoms with van der Waals surface area (Å²) in [4.78, 5) is 52.9. The SMILES string of the molecule is COc1cccc(-c2cc3nc(C)c(C)c(N4CCN(Cc5ccoc5)CC4)n3n2)c1.Cc1cccc(-c2cc3nc(C)c(C)c(N4CCN(C(=O)c5ccoc5)CC4)n3n2)c1.O=C(c1ccoc1)N1CCN(c2cc(-c3ccco3)nc3cc(-c4ccccc4)nn23)CC1. The van der Waals surface area contributed by atoms with Crippen LogP contribution in [0.5, 0.6) is 5.75 Å². The van der Waals surface area contributed by atoms with Crippen molar-refractivity contribution in [3.8, 4) is 51.0 Å². The highest BCUT2D eigenvalue weighted by atomic mass is 16.5. The molecule has 3 aromatic carbocycles. The van der Waals surface area contributed by atoms with E-state index in [4.69, 9.17) is 52.7 Å². The molecule has 16 rings (SSSR count). The normalized spacial score (nSPS) is 14.5. The summed E-state index contributed by atoms with van der Waals surface area (Å²) in [6.07, 6.45) is 11.3. The molecule has 0 unspecified atom stereocenters. The monoisotopic (exact) mass is 1270 g/mol. The van der Waals surface area contributed by atoms with E-state index in [2.05, 4.69) is 83.7 Å². The zero-order valence-electron chi connectivity index (χ0n) is 54.0. The first kappa shape index (κ1) is 61.3. The molecule has 13 heterocycles. The van der Waals surface area contributed by atoms with Crippen LogP contribution in [0.1, 0.15) is 54.4 Å². The van der Waals surface area contributed by atoms with Crippen molar-refractivity contribution >= 4 is 46.2 Å². The van der Waals surface area contributed by atoms with Gasteiger partial charge in [-0.3, -0.25) is 14.5 Å². The number of amides is 2. The Kier molecular flexibility index (Phi) is 17.3. The highest BCUT2D eigenvalue weighted by Gasteiger charge is 2.29. The number of hydrogen-bond donors (Lipinski definition) is 0. The molecule has 0 radical (unpaired) electrons. The van der Waals surface area contributed by atoms with Crippen LogP contribution in [0.15, 0.2) is 195 Å². The lowest BCUT2D eigenvalue weighted by Crippen LogP contribution is -2.49. The maximum Gasteiger partial charge on any atom is 0.257 e. The Labute approximate surface area is 548 Å². The van der Waals surface area contributed by atoms with Gasteiger partial charge in [-0.15, -0.1) is 0 Å². The molecule has 3 saturated heterocycles. The molecule has 95 heavy (non-hydrogen) atoms. The van der Waals surface area contributed by atoms with Crippen molar-refractivity contribution in [2.45, 2.75) is 41.2 Å². The molecule has 3 aliphatic rings. The Morgan fingerprint density at radius 1 is 0.453 bits per heavy atom. The van der Waals surface area contributed by atoms with Crippen LogP contribution in [-0.4, -0.2) is 156 Å². The molecule has 0 aliphatic carbocycles. The number of aromatic nitrogens is 9. The van der Waals surface area contributed by atoms with E-state index in [0.717, 1.165) is 142 Å². The highest BCUT2D eigenvalue weighted by Crippen LogP contribution is 2.33. The lowest BCUT2D eigenvalue weighted by molar-refractivity contribution is 0.0738. The molecule has 13 aromatic rings. The summed E-state index contributed by atoms with van der Waals surface area (Å²) >= 11 is 0. The molecule has 482 valence electrons. The number of ether oxygens (including phenoxy) is 1. The average Bonchev–Trinajstić information content (AvgIpc) is 1.67. The van der Waals surface area contributed by atoms with E-state index in [0.29, 0.717) is 56.2 Å². The number of benzene rings is 3. The molecule has 2 amide bonds. The minimum Gasteiger partial charge on any atom is -0.497 e. The van der Waals surface area contributed by atoms with Crippen molar-refractivity contribution < 1.29 is 32.0 Å². The van der Waals surface area contributed by atoms with Crippen LogP contribution in [0.3, 0.4) is 0 Å². The summed E-state index contributed by atoms with van der Waals surface area (Å²) in [5.41, 5.74) is 16.9. The van der Waals surface area contributed by atoms with Gasteiger partial charge in [0, 0.05) is 154 Å². The van der Waals surface area contributed by atoms with Gasteiger partial charge >= 0.3 is 0 Å².